The SMILES string of the molecule is O=P(O)(O)[C](O)([Sn+3])P(=O)(O)Oc1ccc(Cl)cc1. The first-order valence-corrected chi connectivity index (χ1v) is 9.28. The molecule has 0 fully saturated rings. The first kappa shape index (κ1) is 16.5. The Hall–Kier alpha value is 0.409. The van der Waals surface area contributed by atoms with Crippen LogP contribution in [0.25, 0.3) is 0 Å². The predicted octanol–water partition coefficient (Wildman–Crippen LogP) is 0.854. The number of halogens is 1. The first-order valence-electron chi connectivity index (χ1n) is 4.28. The molecule has 2 unspecified atom stereocenters. The molecular formula is C7H8ClO7P2Sn+3. The van der Waals surface area contributed by atoms with E-state index in [9.17, 15) is 19.1 Å². The third-order valence-electron chi connectivity index (χ3n) is 1.84. The van der Waals surface area contributed by atoms with E-state index in [4.69, 9.17) is 21.4 Å². The van der Waals surface area contributed by atoms with Gasteiger partial charge in [0.1, 0.15) is 0 Å². The third-order valence-corrected chi connectivity index (χ3v) is 10.6. The van der Waals surface area contributed by atoms with Gasteiger partial charge in [-0.1, -0.05) is 0 Å². The Balaban J connectivity index is 3.05. The van der Waals surface area contributed by atoms with Crippen molar-refractivity contribution in [1.29, 1.82) is 0 Å². The second-order valence-corrected chi connectivity index (χ2v) is 12.1. The van der Waals surface area contributed by atoms with Crippen LogP contribution < -0.4 is 4.52 Å². The van der Waals surface area contributed by atoms with Crippen LogP contribution >= 0.6 is 26.8 Å². The van der Waals surface area contributed by atoms with Crippen molar-refractivity contribution in [3.05, 3.63) is 29.3 Å². The summed E-state index contributed by atoms with van der Waals surface area (Å²) in [7, 11) is -10.2. The molecule has 0 amide bonds. The Morgan fingerprint density at radius 2 is 1.61 bits per heavy atom. The Kier molecular flexibility index (Phi) is 4.96. The molecule has 0 saturated heterocycles. The summed E-state index contributed by atoms with van der Waals surface area (Å²) in [6, 6.07) is 5.18. The van der Waals surface area contributed by atoms with Gasteiger partial charge in [-0.05, 0) is 0 Å². The molecule has 0 heterocycles. The number of benzene rings is 1. The zero-order valence-corrected chi connectivity index (χ0v) is 14.0. The molecule has 1 rings (SSSR count). The normalized spacial score (nSPS) is 18.8. The van der Waals surface area contributed by atoms with Gasteiger partial charge in [-0.15, -0.1) is 0 Å². The average Bonchev–Trinajstić information content (AvgIpc) is 2.19. The van der Waals surface area contributed by atoms with Crippen LogP contribution in [-0.2, 0) is 9.13 Å². The minimum absolute atomic E-state index is 0.139. The molecule has 0 spiro atoms. The van der Waals surface area contributed by atoms with Gasteiger partial charge in [0.15, 0.2) is 0 Å². The molecule has 0 aliphatic carbocycles. The van der Waals surface area contributed by atoms with E-state index in [1.54, 1.807) is 0 Å². The number of aliphatic hydroxyl groups is 1. The fraction of sp³-hybridized carbons (Fsp3) is 0.143. The second-order valence-electron chi connectivity index (χ2n) is 3.25. The molecular weight excluding hydrogens is 412 g/mol. The summed E-state index contributed by atoms with van der Waals surface area (Å²) in [6.07, 6.45) is 0. The van der Waals surface area contributed by atoms with Crippen LogP contribution in [0.1, 0.15) is 0 Å². The van der Waals surface area contributed by atoms with Gasteiger partial charge in [0.25, 0.3) is 0 Å². The van der Waals surface area contributed by atoms with Crippen LogP contribution in [-0.4, -0.2) is 45.4 Å². The fourth-order valence-corrected chi connectivity index (χ4v) is 3.36. The summed E-state index contributed by atoms with van der Waals surface area (Å²) in [4.78, 5) is 27.2. The molecule has 18 heavy (non-hydrogen) atoms. The first-order chi connectivity index (χ1) is 7.97. The maximum absolute atomic E-state index is 11.7. The summed E-state index contributed by atoms with van der Waals surface area (Å²) in [5, 5.41) is 9.86. The summed E-state index contributed by atoms with van der Waals surface area (Å²) < 4.78 is 24.2. The van der Waals surface area contributed by atoms with Crippen LogP contribution in [0.3, 0.4) is 0 Å². The van der Waals surface area contributed by atoms with E-state index in [0.717, 1.165) is 0 Å². The van der Waals surface area contributed by atoms with Crippen molar-refractivity contribution in [2.45, 2.75) is 3.10 Å². The van der Waals surface area contributed by atoms with Gasteiger partial charge in [-0.25, -0.2) is 0 Å². The summed E-state index contributed by atoms with van der Waals surface area (Å²) in [5.41, 5.74) is 0. The zero-order chi connectivity index (χ0) is 14.2. The van der Waals surface area contributed by atoms with Crippen molar-refractivity contribution >= 4 is 49.3 Å². The van der Waals surface area contributed by atoms with Gasteiger partial charge in [-0.3, -0.25) is 0 Å². The van der Waals surface area contributed by atoms with Crippen LogP contribution in [0.4, 0.5) is 0 Å². The molecule has 1 aromatic rings. The van der Waals surface area contributed by atoms with Crippen LogP contribution in [0.15, 0.2) is 24.3 Å². The molecule has 7 nitrogen and oxygen atoms in total. The van der Waals surface area contributed by atoms with Gasteiger partial charge in [-0.2, -0.15) is 0 Å². The molecule has 0 aromatic heterocycles. The molecule has 4 N–H and O–H groups in total. The maximum atomic E-state index is 11.7. The molecule has 11 heteroatoms. The van der Waals surface area contributed by atoms with Gasteiger partial charge < -0.3 is 0 Å². The molecule has 2 atom stereocenters. The molecule has 0 aliphatic rings. The van der Waals surface area contributed by atoms with Crippen LogP contribution in [0.2, 0.25) is 5.02 Å². The second kappa shape index (κ2) is 5.42. The molecule has 0 aliphatic heterocycles. The minimum atomic E-state index is -5.21. The van der Waals surface area contributed by atoms with Gasteiger partial charge in [0.05, 0.1) is 0 Å². The van der Waals surface area contributed by atoms with E-state index >= 15 is 0 Å². The zero-order valence-electron chi connectivity index (χ0n) is 8.60. The molecule has 0 bridgehead atoms. The Morgan fingerprint density at radius 3 is 2.00 bits per heavy atom. The number of rotatable bonds is 4. The van der Waals surface area contributed by atoms with E-state index in [2.05, 4.69) is 4.52 Å². The van der Waals surface area contributed by atoms with E-state index in [1.165, 1.54) is 24.3 Å². The number of hydrogen-bond donors (Lipinski definition) is 4. The Morgan fingerprint density at radius 1 is 1.17 bits per heavy atom. The average molecular weight is 420 g/mol. The Bertz CT molecular complexity index is 525. The van der Waals surface area contributed by atoms with Crippen LogP contribution in [0, 0.1) is 0 Å². The molecule has 96 valence electrons. The van der Waals surface area contributed by atoms with Gasteiger partial charge in [0, 0.05) is 0 Å². The predicted molar refractivity (Wildman–Crippen MR) is 64.7 cm³/mol. The van der Waals surface area contributed by atoms with E-state index < -0.39 is 18.3 Å². The van der Waals surface area contributed by atoms with Gasteiger partial charge in [0.2, 0.25) is 0 Å². The summed E-state index contributed by atoms with van der Waals surface area (Å²) in [6.45, 7) is 0. The van der Waals surface area contributed by atoms with Crippen molar-refractivity contribution < 1.29 is 33.4 Å². The topological polar surface area (TPSA) is 124 Å². The summed E-state index contributed by atoms with van der Waals surface area (Å²) in [5.74, 6) is -0.139. The van der Waals surface area contributed by atoms with Gasteiger partial charge >= 0.3 is 121 Å². The quantitative estimate of drug-likeness (QED) is 0.421. The van der Waals surface area contributed by atoms with E-state index in [0.29, 0.717) is 5.02 Å². The number of hydrogen-bond acceptors (Lipinski definition) is 4. The molecule has 0 saturated carbocycles. The van der Waals surface area contributed by atoms with Crippen molar-refractivity contribution in [2.75, 3.05) is 0 Å². The van der Waals surface area contributed by atoms with Crippen molar-refractivity contribution in [1.82, 2.24) is 0 Å². The third kappa shape index (κ3) is 3.49. The monoisotopic (exact) mass is 421 g/mol. The summed E-state index contributed by atoms with van der Waals surface area (Å²) >= 11 is 5.36. The standard InChI is InChI=1S/C7H8ClO7P2.Sn/c8-5-1-3-6(4-2-5)15-17(13,14)7(9)16(10,11)12;/h1-4,9H,(H,13,14)(H2,10,11,12);/q;+3. The van der Waals surface area contributed by atoms with Crippen molar-refractivity contribution in [2.24, 2.45) is 0 Å². The van der Waals surface area contributed by atoms with Crippen molar-refractivity contribution in [3.8, 4) is 5.75 Å². The van der Waals surface area contributed by atoms with E-state index in [-0.39, 0.29) is 28.3 Å². The fourth-order valence-electron chi connectivity index (χ4n) is 0.867. The van der Waals surface area contributed by atoms with E-state index in [1.807, 2.05) is 0 Å². The molecule has 0 radical (unpaired) electrons. The Labute approximate surface area is 121 Å². The van der Waals surface area contributed by atoms with Crippen LogP contribution in [0.5, 0.6) is 5.75 Å². The molecule has 1 aromatic carbocycles. The van der Waals surface area contributed by atoms with Crippen molar-refractivity contribution in [3.63, 3.8) is 0 Å².